The molecule has 0 aromatic carbocycles. The maximum absolute atomic E-state index is 4.57. The molecule has 0 saturated carbocycles. The molecule has 0 bridgehead atoms. The second-order valence-corrected chi connectivity index (χ2v) is 6.52. The molecule has 3 nitrogen and oxygen atoms in total. The lowest BCUT2D eigenvalue weighted by Gasteiger charge is -2.22. The van der Waals surface area contributed by atoms with Gasteiger partial charge < -0.3 is 5.32 Å². The summed E-state index contributed by atoms with van der Waals surface area (Å²) in [6, 6.07) is 0.678. The van der Waals surface area contributed by atoms with Gasteiger partial charge in [0.05, 0.1) is 11.4 Å². The average molecular weight is 267 g/mol. The summed E-state index contributed by atoms with van der Waals surface area (Å²) in [7, 11) is 0. The van der Waals surface area contributed by atoms with Crippen LogP contribution in [0, 0.1) is 6.92 Å². The third-order valence-corrected chi connectivity index (χ3v) is 5.25. The molecule has 2 aromatic rings. The number of aromatic nitrogens is 2. The van der Waals surface area contributed by atoms with Crippen LogP contribution in [0.4, 0.5) is 0 Å². The van der Waals surface area contributed by atoms with E-state index in [4.69, 9.17) is 0 Å². The third kappa shape index (κ3) is 2.37. The largest absolute Gasteiger partial charge is 0.308 e. The van der Waals surface area contributed by atoms with Crippen molar-refractivity contribution in [2.45, 2.75) is 32.4 Å². The van der Waals surface area contributed by atoms with Gasteiger partial charge in [-0.15, -0.1) is 11.3 Å². The Hall–Kier alpha value is -0.520. The molecule has 17 heavy (non-hydrogen) atoms. The fourth-order valence-electron chi connectivity index (χ4n) is 2.30. The summed E-state index contributed by atoms with van der Waals surface area (Å²) in [5.41, 5.74) is 2.48. The molecule has 0 amide bonds. The number of nitrogens with one attached hydrogen (secondary N) is 1. The quantitative estimate of drug-likeness (QED) is 0.927. The van der Waals surface area contributed by atoms with Crippen LogP contribution in [0.1, 0.15) is 24.2 Å². The van der Waals surface area contributed by atoms with Gasteiger partial charge in [0.2, 0.25) is 0 Å². The second-order valence-electron chi connectivity index (χ2n) is 4.49. The minimum Gasteiger partial charge on any atom is -0.308 e. The first-order chi connectivity index (χ1) is 8.34. The summed E-state index contributed by atoms with van der Waals surface area (Å²) in [5.74, 6) is 2.59. The highest BCUT2D eigenvalue weighted by Crippen LogP contribution is 2.19. The Morgan fingerprint density at radius 1 is 1.59 bits per heavy atom. The molecule has 0 aliphatic carbocycles. The number of hydrogen-bond acceptors (Lipinski definition) is 4. The number of thiazole rings is 1. The molecule has 1 N–H and O–H groups in total. The number of aryl methyl sites for hydroxylation is 1. The number of fused-ring (bicyclic) bond motifs is 1. The van der Waals surface area contributed by atoms with Crippen LogP contribution in [0.25, 0.3) is 4.96 Å². The van der Waals surface area contributed by atoms with Crippen LogP contribution < -0.4 is 5.32 Å². The molecule has 1 atom stereocenters. The average Bonchev–Trinajstić information content (AvgIpc) is 2.89. The van der Waals surface area contributed by atoms with Gasteiger partial charge in [0.15, 0.2) is 4.96 Å². The van der Waals surface area contributed by atoms with E-state index in [1.807, 2.05) is 0 Å². The van der Waals surface area contributed by atoms with Gasteiger partial charge in [0, 0.05) is 29.9 Å². The van der Waals surface area contributed by atoms with Crippen molar-refractivity contribution in [3.63, 3.8) is 0 Å². The van der Waals surface area contributed by atoms with E-state index in [0.29, 0.717) is 6.04 Å². The van der Waals surface area contributed by atoms with Crippen LogP contribution in [0.15, 0.2) is 11.6 Å². The zero-order chi connectivity index (χ0) is 11.7. The number of thioether (sulfide) groups is 1. The molecule has 1 saturated heterocycles. The standard InChI is InChI=1S/C12H17N3S2/c1-9-11(15-4-6-17-12(15)14-9)7-13-10-3-2-5-16-8-10/h4,6,10,13H,2-3,5,7-8H2,1H3. The molecule has 5 heteroatoms. The molecule has 3 rings (SSSR count). The van der Waals surface area contributed by atoms with Gasteiger partial charge in [0.25, 0.3) is 0 Å². The Morgan fingerprint density at radius 3 is 3.35 bits per heavy atom. The van der Waals surface area contributed by atoms with E-state index in [-0.39, 0.29) is 0 Å². The normalized spacial score (nSPS) is 21.1. The summed E-state index contributed by atoms with van der Waals surface area (Å²) in [4.78, 5) is 5.68. The molecule has 92 valence electrons. The Balaban J connectivity index is 1.71. The first-order valence-electron chi connectivity index (χ1n) is 6.07. The van der Waals surface area contributed by atoms with Crippen LogP contribution in [0.3, 0.4) is 0 Å². The van der Waals surface area contributed by atoms with Crippen LogP contribution in [-0.4, -0.2) is 26.9 Å². The van der Waals surface area contributed by atoms with Crippen LogP contribution in [0.2, 0.25) is 0 Å². The predicted octanol–water partition coefficient (Wildman–Crippen LogP) is 2.69. The van der Waals surface area contributed by atoms with Gasteiger partial charge >= 0.3 is 0 Å². The second kappa shape index (κ2) is 5.00. The van der Waals surface area contributed by atoms with Gasteiger partial charge in [-0.2, -0.15) is 11.8 Å². The molecule has 1 aliphatic heterocycles. The van der Waals surface area contributed by atoms with Crippen molar-refractivity contribution in [1.82, 2.24) is 14.7 Å². The third-order valence-electron chi connectivity index (χ3n) is 3.28. The van der Waals surface area contributed by atoms with E-state index in [9.17, 15) is 0 Å². The van der Waals surface area contributed by atoms with Crippen LogP contribution in [-0.2, 0) is 6.54 Å². The van der Waals surface area contributed by atoms with E-state index in [2.05, 4.69) is 45.0 Å². The molecule has 3 heterocycles. The Kier molecular flexibility index (Phi) is 3.40. The molecular weight excluding hydrogens is 250 g/mol. The van der Waals surface area contributed by atoms with E-state index >= 15 is 0 Å². The van der Waals surface area contributed by atoms with Crippen LogP contribution >= 0.6 is 23.1 Å². The highest BCUT2D eigenvalue weighted by molar-refractivity contribution is 7.99. The highest BCUT2D eigenvalue weighted by atomic mass is 32.2. The molecular formula is C12H17N3S2. The first kappa shape index (κ1) is 11.6. The van der Waals surface area contributed by atoms with E-state index in [0.717, 1.165) is 17.2 Å². The van der Waals surface area contributed by atoms with Gasteiger partial charge in [-0.25, -0.2) is 4.98 Å². The molecule has 1 unspecified atom stereocenters. The van der Waals surface area contributed by atoms with Gasteiger partial charge in [0.1, 0.15) is 0 Å². The SMILES string of the molecule is Cc1nc2sccn2c1CNC1CCCSC1. The van der Waals surface area contributed by atoms with Crippen molar-refractivity contribution in [2.24, 2.45) is 0 Å². The summed E-state index contributed by atoms with van der Waals surface area (Å²) < 4.78 is 2.21. The van der Waals surface area contributed by atoms with Crippen molar-refractivity contribution in [2.75, 3.05) is 11.5 Å². The zero-order valence-electron chi connectivity index (χ0n) is 9.98. The molecule has 2 aromatic heterocycles. The summed E-state index contributed by atoms with van der Waals surface area (Å²) >= 11 is 3.77. The lowest BCUT2D eigenvalue weighted by Crippen LogP contribution is -2.33. The van der Waals surface area contributed by atoms with Crippen molar-refractivity contribution >= 4 is 28.1 Å². The lowest BCUT2D eigenvalue weighted by molar-refractivity contribution is 0.502. The minimum atomic E-state index is 0.678. The Bertz CT molecular complexity index is 497. The number of rotatable bonds is 3. The van der Waals surface area contributed by atoms with E-state index < -0.39 is 0 Å². The Labute approximate surface area is 110 Å². The van der Waals surface area contributed by atoms with Crippen LogP contribution in [0.5, 0.6) is 0 Å². The summed E-state index contributed by atoms with van der Waals surface area (Å²) in [6.07, 6.45) is 4.78. The maximum Gasteiger partial charge on any atom is 0.194 e. The predicted molar refractivity (Wildman–Crippen MR) is 75.0 cm³/mol. The van der Waals surface area contributed by atoms with Gasteiger partial charge in [-0.1, -0.05) is 0 Å². The zero-order valence-corrected chi connectivity index (χ0v) is 11.6. The molecule has 0 spiro atoms. The fraction of sp³-hybridized carbons (Fsp3) is 0.583. The van der Waals surface area contributed by atoms with E-state index in [1.165, 1.54) is 30.0 Å². The van der Waals surface area contributed by atoms with Gasteiger partial charge in [-0.3, -0.25) is 4.40 Å². The summed E-state index contributed by atoms with van der Waals surface area (Å²) in [5, 5.41) is 5.77. The molecule has 1 aliphatic rings. The van der Waals surface area contributed by atoms with Crippen molar-refractivity contribution < 1.29 is 0 Å². The first-order valence-corrected chi connectivity index (χ1v) is 8.10. The summed E-state index contributed by atoms with van der Waals surface area (Å²) in [6.45, 7) is 3.04. The Morgan fingerprint density at radius 2 is 2.53 bits per heavy atom. The molecule has 1 fully saturated rings. The molecule has 0 radical (unpaired) electrons. The van der Waals surface area contributed by atoms with Gasteiger partial charge in [-0.05, 0) is 25.5 Å². The number of nitrogens with zero attached hydrogens (tertiary/aromatic N) is 2. The smallest absolute Gasteiger partial charge is 0.194 e. The fourth-order valence-corrected chi connectivity index (χ4v) is 4.18. The minimum absolute atomic E-state index is 0.678. The van der Waals surface area contributed by atoms with Crippen molar-refractivity contribution in [3.8, 4) is 0 Å². The van der Waals surface area contributed by atoms with Crippen molar-refractivity contribution in [1.29, 1.82) is 0 Å². The highest BCUT2D eigenvalue weighted by Gasteiger charge is 2.15. The number of imidazole rings is 1. The van der Waals surface area contributed by atoms with E-state index in [1.54, 1.807) is 11.3 Å². The number of hydrogen-bond donors (Lipinski definition) is 1. The maximum atomic E-state index is 4.57. The monoisotopic (exact) mass is 267 g/mol. The van der Waals surface area contributed by atoms with Crippen molar-refractivity contribution in [3.05, 3.63) is 23.0 Å². The topological polar surface area (TPSA) is 29.3 Å². The lowest BCUT2D eigenvalue weighted by atomic mass is 10.2.